The van der Waals surface area contributed by atoms with Gasteiger partial charge in [0.2, 0.25) is 0 Å². The Balaban J connectivity index is 2.05. The zero-order valence-corrected chi connectivity index (χ0v) is 14.2. The quantitative estimate of drug-likeness (QED) is 0.701. The third-order valence-electron chi connectivity index (χ3n) is 2.55. The van der Waals surface area contributed by atoms with Crippen LogP contribution in [0.1, 0.15) is 28.9 Å². The highest BCUT2D eigenvalue weighted by Crippen LogP contribution is 2.19. The fourth-order valence-corrected chi connectivity index (χ4v) is 3.13. The second-order valence-corrected chi connectivity index (χ2v) is 7.61. The molecule has 0 fully saturated rings. The Labute approximate surface area is 132 Å². The third kappa shape index (κ3) is 3.55. The number of nitrogens with one attached hydrogen (secondary N) is 1. The van der Waals surface area contributed by atoms with Crippen LogP contribution >= 0.6 is 49.9 Å². The van der Waals surface area contributed by atoms with E-state index in [1.54, 1.807) is 11.3 Å². The van der Waals surface area contributed by atoms with Gasteiger partial charge in [-0.05, 0) is 53.3 Å². The minimum absolute atomic E-state index is 0.00293. The van der Waals surface area contributed by atoms with Crippen molar-refractivity contribution in [3.05, 3.63) is 54.2 Å². The lowest BCUT2D eigenvalue weighted by Gasteiger charge is -2.13. The third-order valence-corrected chi connectivity index (χ3v) is 4.86. The second kappa shape index (κ2) is 6.16. The van der Waals surface area contributed by atoms with Crippen LogP contribution < -0.4 is 5.32 Å². The molecule has 0 radical (unpaired) electrons. The van der Waals surface area contributed by atoms with Crippen LogP contribution in [-0.4, -0.2) is 5.91 Å². The first-order valence-corrected chi connectivity index (χ1v) is 8.12. The van der Waals surface area contributed by atoms with E-state index in [9.17, 15) is 4.79 Å². The molecule has 1 aromatic heterocycles. The molecule has 0 aliphatic rings. The number of amides is 1. The number of hydrogen-bond donors (Lipinski definition) is 1. The first-order chi connectivity index (χ1) is 8.56. The van der Waals surface area contributed by atoms with Gasteiger partial charge in [-0.1, -0.05) is 28.1 Å². The Hall–Kier alpha value is -0.400. The number of benzene rings is 1. The largest absolute Gasteiger partial charge is 0.345 e. The highest BCUT2D eigenvalue weighted by Gasteiger charge is 2.12. The highest BCUT2D eigenvalue weighted by molar-refractivity contribution is 14.1. The zero-order valence-electron chi connectivity index (χ0n) is 9.61. The van der Waals surface area contributed by atoms with Crippen molar-refractivity contribution in [2.45, 2.75) is 13.0 Å². The van der Waals surface area contributed by atoms with E-state index in [4.69, 9.17) is 0 Å². The van der Waals surface area contributed by atoms with Crippen molar-refractivity contribution < 1.29 is 4.79 Å². The Morgan fingerprint density at radius 2 is 2.06 bits per heavy atom. The van der Waals surface area contributed by atoms with Crippen LogP contribution in [0.25, 0.3) is 0 Å². The molecule has 0 aliphatic carbocycles. The molecule has 2 aromatic rings. The van der Waals surface area contributed by atoms with Gasteiger partial charge < -0.3 is 5.32 Å². The van der Waals surface area contributed by atoms with Gasteiger partial charge in [0.15, 0.2) is 0 Å². The molecule has 2 nitrogen and oxygen atoms in total. The van der Waals surface area contributed by atoms with Crippen LogP contribution in [0.4, 0.5) is 0 Å². The number of carbonyl (C=O) groups excluding carboxylic acids is 1. The van der Waals surface area contributed by atoms with Crippen LogP contribution in [-0.2, 0) is 0 Å². The Morgan fingerprint density at radius 1 is 1.39 bits per heavy atom. The van der Waals surface area contributed by atoms with E-state index in [-0.39, 0.29) is 11.9 Å². The topological polar surface area (TPSA) is 29.1 Å². The number of rotatable bonds is 3. The molecule has 0 aliphatic heterocycles. The molecular weight excluding hydrogens is 425 g/mol. The monoisotopic (exact) mass is 435 g/mol. The van der Waals surface area contributed by atoms with Gasteiger partial charge in [-0.3, -0.25) is 4.79 Å². The number of carbonyl (C=O) groups is 1. The normalized spacial score (nSPS) is 12.2. The second-order valence-electron chi connectivity index (χ2n) is 3.89. The molecule has 5 heteroatoms. The predicted molar refractivity (Wildman–Crippen MR) is 87.1 cm³/mol. The molecule has 1 aromatic carbocycles. The lowest BCUT2D eigenvalue weighted by molar-refractivity contribution is 0.0940. The molecule has 0 spiro atoms. The van der Waals surface area contributed by atoms with E-state index in [1.165, 1.54) is 0 Å². The van der Waals surface area contributed by atoms with Crippen LogP contribution in [0.2, 0.25) is 0 Å². The molecular formula is C13H11BrINOS. The molecule has 94 valence electrons. The summed E-state index contributed by atoms with van der Waals surface area (Å²) >= 11 is 7.19. The smallest absolute Gasteiger partial charge is 0.252 e. The van der Waals surface area contributed by atoms with Gasteiger partial charge >= 0.3 is 0 Å². The van der Waals surface area contributed by atoms with Crippen molar-refractivity contribution in [2.75, 3.05) is 0 Å². The van der Waals surface area contributed by atoms with Crippen LogP contribution in [0.3, 0.4) is 0 Å². The molecule has 0 unspecified atom stereocenters. The maximum Gasteiger partial charge on any atom is 0.252 e. The van der Waals surface area contributed by atoms with Crippen LogP contribution in [0.15, 0.2) is 40.2 Å². The van der Waals surface area contributed by atoms with Gasteiger partial charge in [0.1, 0.15) is 0 Å². The van der Waals surface area contributed by atoms with Gasteiger partial charge in [-0.2, -0.15) is 0 Å². The number of hydrogen-bond acceptors (Lipinski definition) is 2. The summed E-state index contributed by atoms with van der Waals surface area (Å²) in [6, 6.07) is 9.87. The maximum atomic E-state index is 12.0. The highest BCUT2D eigenvalue weighted by atomic mass is 127. The Bertz CT molecular complexity index is 552. The summed E-state index contributed by atoms with van der Waals surface area (Å²) in [6.45, 7) is 1.98. The van der Waals surface area contributed by atoms with Crippen molar-refractivity contribution in [3.63, 3.8) is 0 Å². The summed E-state index contributed by atoms with van der Waals surface area (Å²) in [5, 5.41) is 4.87. The van der Waals surface area contributed by atoms with Crippen molar-refractivity contribution in [1.82, 2.24) is 5.32 Å². The molecule has 1 N–H and O–H groups in total. The molecule has 1 heterocycles. The fraction of sp³-hybridized carbons (Fsp3) is 0.154. The Morgan fingerprint density at radius 3 is 2.61 bits per heavy atom. The van der Waals surface area contributed by atoms with Crippen LogP contribution in [0, 0.1) is 2.88 Å². The predicted octanol–water partition coefficient (Wildman–Crippen LogP) is 4.61. The summed E-state index contributed by atoms with van der Waals surface area (Å²) in [7, 11) is 0. The molecule has 1 atom stereocenters. The van der Waals surface area contributed by atoms with E-state index >= 15 is 0 Å². The average molecular weight is 436 g/mol. The number of halogens is 2. The fourth-order valence-electron chi connectivity index (χ4n) is 1.54. The van der Waals surface area contributed by atoms with E-state index in [0.717, 1.165) is 18.5 Å². The SMILES string of the molecule is C[C@H](NC(=O)c1csc(I)c1)c1ccc(Br)cc1. The summed E-state index contributed by atoms with van der Waals surface area (Å²) < 4.78 is 2.16. The minimum Gasteiger partial charge on any atom is -0.345 e. The number of thiophene rings is 1. The average Bonchev–Trinajstić information content (AvgIpc) is 2.76. The first kappa shape index (κ1) is 14.0. The summed E-state index contributed by atoms with van der Waals surface area (Å²) in [5.41, 5.74) is 1.82. The molecule has 1 amide bonds. The van der Waals surface area contributed by atoms with Crippen molar-refractivity contribution in [3.8, 4) is 0 Å². The summed E-state index contributed by atoms with van der Waals surface area (Å²) in [6.07, 6.45) is 0. The molecule has 2 rings (SSSR count). The van der Waals surface area contributed by atoms with E-state index < -0.39 is 0 Å². The lowest BCUT2D eigenvalue weighted by Crippen LogP contribution is -2.26. The standard InChI is InChI=1S/C13H11BrINOS/c1-8(9-2-4-11(14)5-3-9)16-13(17)10-6-12(15)18-7-10/h2-8H,1H3,(H,16,17)/t8-/m0/s1. The van der Waals surface area contributed by atoms with Crippen molar-refractivity contribution >= 4 is 55.8 Å². The van der Waals surface area contributed by atoms with Crippen LogP contribution in [0.5, 0.6) is 0 Å². The maximum absolute atomic E-state index is 12.0. The van der Waals surface area contributed by atoms with Gasteiger partial charge in [0.25, 0.3) is 5.91 Å². The van der Waals surface area contributed by atoms with Gasteiger partial charge in [0, 0.05) is 9.85 Å². The molecule has 0 bridgehead atoms. The molecule has 18 heavy (non-hydrogen) atoms. The van der Waals surface area contributed by atoms with Gasteiger partial charge in [-0.15, -0.1) is 11.3 Å². The van der Waals surface area contributed by atoms with Crippen molar-refractivity contribution in [1.29, 1.82) is 0 Å². The first-order valence-electron chi connectivity index (χ1n) is 5.36. The van der Waals surface area contributed by atoms with Gasteiger partial charge in [0.05, 0.1) is 14.5 Å². The molecule has 0 saturated carbocycles. The van der Waals surface area contributed by atoms with Gasteiger partial charge in [-0.25, -0.2) is 0 Å². The minimum atomic E-state index is -0.0235. The Kier molecular flexibility index (Phi) is 4.80. The summed E-state index contributed by atoms with van der Waals surface area (Å²) in [4.78, 5) is 12.0. The van der Waals surface area contributed by atoms with E-state index in [0.29, 0.717) is 0 Å². The van der Waals surface area contributed by atoms with E-state index in [2.05, 4.69) is 43.8 Å². The molecule has 0 saturated heterocycles. The zero-order chi connectivity index (χ0) is 13.1. The van der Waals surface area contributed by atoms with E-state index in [1.807, 2.05) is 42.6 Å². The van der Waals surface area contributed by atoms with Crippen molar-refractivity contribution in [2.24, 2.45) is 0 Å². The lowest BCUT2D eigenvalue weighted by atomic mass is 10.1. The summed E-state index contributed by atoms with van der Waals surface area (Å²) in [5.74, 6) is -0.0235.